The van der Waals surface area contributed by atoms with Crippen molar-refractivity contribution in [3.05, 3.63) is 36.0 Å². The van der Waals surface area contributed by atoms with E-state index < -0.39 is 0 Å². The van der Waals surface area contributed by atoms with E-state index in [1.807, 2.05) is 6.20 Å². The zero-order valence-electron chi connectivity index (χ0n) is 8.09. The molecule has 0 unspecified atom stereocenters. The Balaban J connectivity index is 2.10. The molecule has 2 rings (SSSR count). The van der Waals surface area contributed by atoms with Crippen LogP contribution in [0.15, 0.2) is 30.5 Å². The first-order valence-electron chi connectivity index (χ1n) is 4.87. The molecule has 0 radical (unpaired) electrons. The van der Waals surface area contributed by atoms with Crippen molar-refractivity contribution in [2.24, 2.45) is 5.73 Å². The summed E-state index contributed by atoms with van der Waals surface area (Å²) >= 11 is 0. The van der Waals surface area contributed by atoms with Gasteiger partial charge in [0.15, 0.2) is 0 Å². The molecule has 3 nitrogen and oxygen atoms in total. The smallest absolute Gasteiger partial charge is 0.0457 e. The average Bonchev–Trinajstić information content (AvgIpc) is 2.65. The van der Waals surface area contributed by atoms with E-state index in [0.717, 1.165) is 13.1 Å². The number of hydrogen-bond donors (Lipinski definition) is 3. The molecule has 0 saturated carbocycles. The van der Waals surface area contributed by atoms with Crippen LogP contribution in [0.5, 0.6) is 0 Å². The topological polar surface area (TPSA) is 53.8 Å². The van der Waals surface area contributed by atoms with Crippen molar-refractivity contribution in [2.45, 2.75) is 6.54 Å². The molecule has 0 aliphatic heterocycles. The van der Waals surface area contributed by atoms with Crippen LogP contribution in [-0.2, 0) is 6.54 Å². The largest absolute Gasteiger partial charge is 0.361 e. The summed E-state index contributed by atoms with van der Waals surface area (Å²) < 4.78 is 0. The third-order valence-electron chi connectivity index (χ3n) is 2.27. The maximum Gasteiger partial charge on any atom is 0.0457 e. The summed E-state index contributed by atoms with van der Waals surface area (Å²) in [6.07, 6.45) is 1.96. The molecular formula is C11H15N3. The van der Waals surface area contributed by atoms with Crippen LogP contribution in [0.25, 0.3) is 10.9 Å². The number of nitrogens with two attached hydrogens (primary N) is 1. The Bertz CT molecular complexity index is 406. The standard InChI is InChI=1S/C11H15N3/c12-4-6-13-8-9-1-2-10-3-5-14-11(10)7-9/h1-3,5,7,13-14H,4,6,8,12H2. The van der Waals surface area contributed by atoms with Crippen LogP contribution in [0.3, 0.4) is 0 Å². The molecule has 4 N–H and O–H groups in total. The van der Waals surface area contributed by atoms with E-state index in [1.54, 1.807) is 0 Å². The van der Waals surface area contributed by atoms with Crippen LogP contribution in [0.4, 0.5) is 0 Å². The van der Waals surface area contributed by atoms with Gasteiger partial charge in [0.25, 0.3) is 0 Å². The van der Waals surface area contributed by atoms with Gasteiger partial charge in [-0.1, -0.05) is 12.1 Å². The molecule has 74 valence electrons. The Hall–Kier alpha value is -1.32. The zero-order valence-corrected chi connectivity index (χ0v) is 8.09. The Morgan fingerprint density at radius 3 is 3.07 bits per heavy atom. The number of H-pyrrole nitrogens is 1. The van der Waals surface area contributed by atoms with E-state index >= 15 is 0 Å². The van der Waals surface area contributed by atoms with Crippen molar-refractivity contribution in [1.82, 2.24) is 10.3 Å². The molecule has 3 heteroatoms. The molecule has 14 heavy (non-hydrogen) atoms. The summed E-state index contributed by atoms with van der Waals surface area (Å²) in [6.45, 7) is 2.43. The highest BCUT2D eigenvalue weighted by atomic mass is 14.9. The second-order valence-corrected chi connectivity index (χ2v) is 3.36. The van der Waals surface area contributed by atoms with Crippen LogP contribution in [0, 0.1) is 0 Å². The van der Waals surface area contributed by atoms with E-state index in [1.165, 1.54) is 16.5 Å². The summed E-state index contributed by atoms with van der Waals surface area (Å²) in [5.41, 5.74) is 7.88. The minimum absolute atomic E-state index is 0.685. The number of aromatic amines is 1. The highest BCUT2D eigenvalue weighted by molar-refractivity contribution is 5.79. The van der Waals surface area contributed by atoms with Crippen LogP contribution < -0.4 is 11.1 Å². The molecule has 0 aliphatic rings. The predicted molar refractivity (Wildman–Crippen MR) is 59.1 cm³/mol. The fourth-order valence-electron chi connectivity index (χ4n) is 1.54. The lowest BCUT2D eigenvalue weighted by molar-refractivity contribution is 0.695. The number of rotatable bonds is 4. The van der Waals surface area contributed by atoms with Gasteiger partial charge in [0.05, 0.1) is 0 Å². The van der Waals surface area contributed by atoms with Gasteiger partial charge in [-0.05, 0) is 23.1 Å². The number of aromatic nitrogens is 1. The Morgan fingerprint density at radius 2 is 2.21 bits per heavy atom. The first-order valence-corrected chi connectivity index (χ1v) is 4.87. The van der Waals surface area contributed by atoms with Gasteiger partial charge in [0.2, 0.25) is 0 Å². The van der Waals surface area contributed by atoms with Crippen molar-refractivity contribution in [2.75, 3.05) is 13.1 Å². The lowest BCUT2D eigenvalue weighted by Gasteiger charge is -2.02. The summed E-state index contributed by atoms with van der Waals surface area (Å²) in [4.78, 5) is 3.20. The normalized spacial score (nSPS) is 10.9. The van der Waals surface area contributed by atoms with E-state index in [9.17, 15) is 0 Å². The van der Waals surface area contributed by atoms with E-state index in [-0.39, 0.29) is 0 Å². The molecule has 1 aromatic heterocycles. The molecule has 0 amide bonds. The Morgan fingerprint density at radius 1 is 1.29 bits per heavy atom. The summed E-state index contributed by atoms with van der Waals surface area (Å²) in [7, 11) is 0. The SMILES string of the molecule is NCCNCc1ccc2cc[nH]c2c1. The van der Waals surface area contributed by atoms with Gasteiger partial charge in [-0.25, -0.2) is 0 Å². The molecule has 0 spiro atoms. The maximum absolute atomic E-state index is 5.40. The molecule has 2 aromatic rings. The zero-order chi connectivity index (χ0) is 9.80. The number of nitrogens with one attached hydrogen (secondary N) is 2. The Kier molecular flexibility index (Phi) is 2.81. The van der Waals surface area contributed by atoms with Crippen LogP contribution in [0.1, 0.15) is 5.56 Å². The van der Waals surface area contributed by atoms with Gasteiger partial charge < -0.3 is 16.0 Å². The number of benzene rings is 1. The number of fused-ring (bicyclic) bond motifs is 1. The lowest BCUT2D eigenvalue weighted by atomic mass is 10.1. The van der Waals surface area contributed by atoms with E-state index in [2.05, 4.69) is 34.6 Å². The molecule has 1 aromatic carbocycles. The number of hydrogen-bond acceptors (Lipinski definition) is 2. The predicted octanol–water partition coefficient (Wildman–Crippen LogP) is 1.22. The third-order valence-corrected chi connectivity index (χ3v) is 2.27. The van der Waals surface area contributed by atoms with Crippen molar-refractivity contribution in [1.29, 1.82) is 0 Å². The molecule has 1 heterocycles. The second kappa shape index (κ2) is 4.26. The van der Waals surface area contributed by atoms with Crippen molar-refractivity contribution in [3.63, 3.8) is 0 Å². The van der Waals surface area contributed by atoms with Gasteiger partial charge in [-0.2, -0.15) is 0 Å². The fraction of sp³-hybridized carbons (Fsp3) is 0.273. The third kappa shape index (κ3) is 1.95. The van der Waals surface area contributed by atoms with Crippen molar-refractivity contribution < 1.29 is 0 Å². The average molecular weight is 189 g/mol. The molecule has 0 aliphatic carbocycles. The van der Waals surface area contributed by atoms with E-state index in [4.69, 9.17) is 5.73 Å². The monoisotopic (exact) mass is 189 g/mol. The first kappa shape index (κ1) is 9.24. The van der Waals surface area contributed by atoms with Gasteiger partial charge in [-0.3, -0.25) is 0 Å². The minimum Gasteiger partial charge on any atom is -0.361 e. The summed E-state index contributed by atoms with van der Waals surface area (Å²) in [5.74, 6) is 0. The maximum atomic E-state index is 5.40. The van der Waals surface area contributed by atoms with Crippen LogP contribution in [0.2, 0.25) is 0 Å². The molecule has 0 fully saturated rings. The molecule has 0 bridgehead atoms. The van der Waals surface area contributed by atoms with Gasteiger partial charge in [0.1, 0.15) is 0 Å². The highest BCUT2D eigenvalue weighted by Gasteiger charge is 1.96. The summed E-state index contributed by atoms with van der Waals surface area (Å²) in [5, 5.41) is 4.53. The summed E-state index contributed by atoms with van der Waals surface area (Å²) in [6, 6.07) is 8.51. The highest BCUT2D eigenvalue weighted by Crippen LogP contribution is 2.13. The minimum atomic E-state index is 0.685. The quantitative estimate of drug-likeness (QED) is 0.633. The van der Waals surface area contributed by atoms with Crippen molar-refractivity contribution in [3.8, 4) is 0 Å². The Labute approximate surface area is 83.3 Å². The lowest BCUT2D eigenvalue weighted by Crippen LogP contribution is -2.21. The van der Waals surface area contributed by atoms with E-state index in [0.29, 0.717) is 6.54 Å². The molecule has 0 saturated heterocycles. The van der Waals surface area contributed by atoms with Gasteiger partial charge in [0, 0.05) is 31.3 Å². The molecular weight excluding hydrogens is 174 g/mol. The van der Waals surface area contributed by atoms with Crippen LogP contribution in [-0.4, -0.2) is 18.1 Å². The van der Waals surface area contributed by atoms with Gasteiger partial charge >= 0.3 is 0 Å². The first-order chi connectivity index (χ1) is 6.90. The second-order valence-electron chi connectivity index (χ2n) is 3.36. The fourth-order valence-corrected chi connectivity index (χ4v) is 1.54. The van der Waals surface area contributed by atoms with Crippen molar-refractivity contribution >= 4 is 10.9 Å². The van der Waals surface area contributed by atoms with Crippen LogP contribution >= 0.6 is 0 Å². The molecule has 0 atom stereocenters. The van der Waals surface area contributed by atoms with Gasteiger partial charge in [-0.15, -0.1) is 0 Å².